The van der Waals surface area contributed by atoms with Crippen LogP contribution in [0.4, 0.5) is 11.4 Å². The maximum Gasteiger partial charge on any atom is 0.197 e. The average molecular weight is 432 g/mol. The van der Waals surface area contributed by atoms with Crippen molar-refractivity contribution < 1.29 is 0 Å². The molecule has 0 aliphatic rings. The fraction of sp³-hybridized carbons (Fsp3) is 0. The standard InChI is InChI=1S/C27H17N3OS/c31-27-19-6-1-4-10-24(19)32-25-11-5-9-22(26(25)27)29-18-14-12-17(13-15-18)23-16-28-20-7-2-3-8-21(20)30-23/h1-16,29H. The predicted octanol–water partition coefficient (Wildman–Crippen LogP) is 6.77. The average Bonchev–Trinajstić information content (AvgIpc) is 2.84. The highest BCUT2D eigenvalue weighted by Crippen LogP contribution is 2.31. The van der Waals surface area contributed by atoms with Crippen molar-refractivity contribution in [1.29, 1.82) is 0 Å². The molecule has 6 rings (SSSR count). The predicted molar refractivity (Wildman–Crippen MR) is 134 cm³/mol. The lowest BCUT2D eigenvalue weighted by Gasteiger charge is -2.11. The Kier molecular flexibility index (Phi) is 4.40. The molecule has 0 saturated carbocycles. The molecule has 32 heavy (non-hydrogen) atoms. The quantitative estimate of drug-likeness (QED) is 0.314. The van der Waals surface area contributed by atoms with E-state index in [0.717, 1.165) is 53.8 Å². The van der Waals surface area contributed by atoms with Gasteiger partial charge in [0.25, 0.3) is 0 Å². The maximum atomic E-state index is 13.2. The number of nitrogens with one attached hydrogen (secondary N) is 1. The summed E-state index contributed by atoms with van der Waals surface area (Å²) in [7, 11) is 0. The molecule has 5 heteroatoms. The normalized spacial score (nSPS) is 11.2. The van der Waals surface area contributed by atoms with Gasteiger partial charge in [0.15, 0.2) is 5.43 Å². The first kappa shape index (κ1) is 18.7. The van der Waals surface area contributed by atoms with Crippen LogP contribution in [0.5, 0.6) is 0 Å². The third kappa shape index (κ3) is 3.20. The van der Waals surface area contributed by atoms with Crippen LogP contribution in [-0.2, 0) is 0 Å². The van der Waals surface area contributed by atoms with Crippen LogP contribution in [-0.4, -0.2) is 9.97 Å². The summed E-state index contributed by atoms with van der Waals surface area (Å²) >= 11 is 1.64. The fourth-order valence-corrected chi connectivity index (χ4v) is 5.03. The van der Waals surface area contributed by atoms with E-state index in [1.165, 1.54) is 0 Å². The van der Waals surface area contributed by atoms with Gasteiger partial charge in [0.2, 0.25) is 0 Å². The summed E-state index contributed by atoms with van der Waals surface area (Å²) in [5.74, 6) is 0. The van der Waals surface area contributed by atoms with Crippen LogP contribution in [0.3, 0.4) is 0 Å². The molecular formula is C27H17N3OS. The molecule has 0 saturated heterocycles. The van der Waals surface area contributed by atoms with E-state index in [4.69, 9.17) is 4.98 Å². The molecule has 0 atom stereocenters. The van der Waals surface area contributed by atoms with E-state index in [2.05, 4.69) is 10.3 Å². The second-order valence-corrected chi connectivity index (χ2v) is 8.64. The topological polar surface area (TPSA) is 54.9 Å². The minimum absolute atomic E-state index is 0.0560. The van der Waals surface area contributed by atoms with Gasteiger partial charge in [-0.1, -0.05) is 42.5 Å². The third-order valence-electron chi connectivity index (χ3n) is 5.51. The van der Waals surface area contributed by atoms with Crippen LogP contribution in [0.25, 0.3) is 42.5 Å². The molecule has 0 aliphatic carbocycles. The number of nitrogens with zero attached hydrogens (tertiary/aromatic N) is 2. The van der Waals surface area contributed by atoms with Gasteiger partial charge in [0.1, 0.15) is 0 Å². The van der Waals surface area contributed by atoms with Gasteiger partial charge in [-0.3, -0.25) is 9.78 Å². The minimum atomic E-state index is 0.0560. The molecule has 0 radical (unpaired) electrons. The Morgan fingerprint density at radius 1 is 0.719 bits per heavy atom. The van der Waals surface area contributed by atoms with Crippen LogP contribution in [0.1, 0.15) is 0 Å². The van der Waals surface area contributed by atoms with Gasteiger partial charge in [0.05, 0.1) is 34.0 Å². The molecule has 6 aromatic rings. The smallest absolute Gasteiger partial charge is 0.197 e. The summed E-state index contributed by atoms with van der Waals surface area (Å²) in [5.41, 5.74) is 5.35. The third-order valence-corrected chi connectivity index (χ3v) is 6.65. The largest absolute Gasteiger partial charge is 0.355 e. The van der Waals surface area contributed by atoms with E-state index in [1.807, 2.05) is 91.0 Å². The second kappa shape index (κ2) is 7.55. The summed E-state index contributed by atoms with van der Waals surface area (Å²) in [6.07, 6.45) is 1.80. The van der Waals surface area contributed by atoms with Gasteiger partial charge >= 0.3 is 0 Å². The van der Waals surface area contributed by atoms with Crippen molar-refractivity contribution in [3.8, 4) is 11.3 Å². The van der Waals surface area contributed by atoms with E-state index >= 15 is 0 Å². The van der Waals surface area contributed by atoms with Gasteiger partial charge in [-0.25, -0.2) is 4.98 Å². The first-order valence-corrected chi connectivity index (χ1v) is 11.1. The number of rotatable bonds is 3. The van der Waals surface area contributed by atoms with E-state index < -0.39 is 0 Å². The highest BCUT2D eigenvalue weighted by Gasteiger charge is 2.10. The van der Waals surface area contributed by atoms with Gasteiger partial charge in [0, 0.05) is 26.0 Å². The molecule has 1 N–H and O–H groups in total. The molecule has 2 aromatic heterocycles. The Bertz CT molecular complexity index is 1670. The van der Waals surface area contributed by atoms with Crippen LogP contribution >= 0.6 is 11.3 Å². The lowest BCUT2D eigenvalue weighted by molar-refractivity contribution is 1.29. The van der Waals surface area contributed by atoms with Crippen molar-refractivity contribution in [2.45, 2.75) is 0 Å². The lowest BCUT2D eigenvalue weighted by atomic mass is 10.1. The molecule has 4 aromatic carbocycles. The summed E-state index contributed by atoms with van der Waals surface area (Å²) in [6, 6.07) is 29.6. The zero-order chi connectivity index (χ0) is 21.5. The number of hydrogen-bond acceptors (Lipinski definition) is 5. The molecule has 2 heterocycles. The molecule has 0 unspecified atom stereocenters. The van der Waals surface area contributed by atoms with Gasteiger partial charge < -0.3 is 5.32 Å². The number of benzene rings is 4. The van der Waals surface area contributed by atoms with Crippen LogP contribution < -0.4 is 10.7 Å². The Morgan fingerprint density at radius 2 is 1.47 bits per heavy atom. The van der Waals surface area contributed by atoms with E-state index in [9.17, 15) is 4.79 Å². The van der Waals surface area contributed by atoms with Crippen molar-refractivity contribution in [1.82, 2.24) is 9.97 Å². The maximum absolute atomic E-state index is 13.2. The second-order valence-electron chi connectivity index (χ2n) is 7.55. The number of anilines is 2. The van der Waals surface area contributed by atoms with E-state index in [0.29, 0.717) is 0 Å². The first-order valence-electron chi connectivity index (χ1n) is 10.3. The van der Waals surface area contributed by atoms with Crippen molar-refractivity contribution in [3.63, 3.8) is 0 Å². The Labute approximate surface area is 187 Å². The summed E-state index contributed by atoms with van der Waals surface area (Å²) in [5, 5.41) is 4.91. The SMILES string of the molecule is O=c1c2ccccc2sc2cccc(Nc3ccc(-c4cnc5ccccc5n4)cc3)c12. The first-order chi connectivity index (χ1) is 15.8. The number of hydrogen-bond donors (Lipinski definition) is 1. The van der Waals surface area contributed by atoms with Gasteiger partial charge in [-0.15, -0.1) is 11.3 Å². The molecule has 0 spiro atoms. The van der Waals surface area contributed by atoms with Crippen molar-refractivity contribution in [2.24, 2.45) is 0 Å². The van der Waals surface area contributed by atoms with Crippen LogP contribution in [0.15, 0.2) is 102 Å². The number of fused-ring (bicyclic) bond motifs is 3. The minimum Gasteiger partial charge on any atom is -0.355 e. The Hall–Kier alpha value is -4.09. The molecule has 0 amide bonds. The van der Waals surface area contributed by atoms with Gasteiger partial charge in [-0.2, -0.15) is 0 Å². The monoisotopic (exact) mass is 431 g/mol. The molecule has 0 fully saturated rings. The van der Waals surface area contributed by atoms with E-state index in [-0.39, 0.29) is 5.43 Å². The number of aromatic nitrogens is 2. The highest BCUT2D eigenvalue weighted by molar-refractivity contribution is 7.24. The fourth-order valence-electron chi connectivity index (χ4n) is 3.93. The zero-order valence-electron chi connectivity index (χ0n) is 16.9. The molecule has 4 nitrogen and oxygen atoms in total. The molecule has 152 valence electrons. The van der Waals surface area contributed by atoms with E-state index in [1.54, 1.807) is 17.5 Å². The summed E-state index contributed by atoms with van der Waals surface area (Å²) in [6.45, 7) is 0. The zero-order valence-corrected chi connectivity index (χ0v) is 17.8. The van der Waals surface area contributed by atoms with Crippen molar-refractivity contribution in [3.05, 3.63) is 107 Å². The molecule has 0 aliphatic heterocycles. The molecule has 0 bridgehead atoms. The Morgan fingerprint density at radius 3 is 2.34 bits per heavy atom. The number of para-hydroxylation sites is 2. The van der Waals surface area contributed by atoms with Crippen LogP contribution in [0, 0.1) is 0 Å². The van der Waals surface area contributed by atoms with Crippen molar-refractivity contribution in [2.75, 3.05) is 5.32 Å². The summed E-state index contributed by atoms with van der Waals surface area (Å²) < 4.78 is 1.98. The summed E-state index contributed by atoms with van der Waals surface area (Å²) in [4.78, 5) is 22.4. The highest BCUT2D eigenvalue weighted by atomic mass is 32.1. The van der Waals surface area contributed by atoms with Crippen molar-refractivity contribution >= 4 is 53.9 Å². The van der Waals surface area contributed by atoms with Gasteiger partial charge in [-0.05, 0) is 48.5 Å². The lowest BCUT2D eigenvalue weighted by Crippen LogP contribution is -2.04. The van der Waals surface area contributed by atoms with Crippen LogP contribution in [0.2, 0.25) is 0 Å². The molecular weight excluding hydrogens is 414 g/mol. The Balaban J connectivity index is 1.37.